The van der Waals surface area contributed by atoms with Gasteiger partial charge >= 0.3 is 0 Å². The predicted octanol–water partition coefficient (Wildman–Crippen LogP) is 3.51. The molecule has 2 heterocycles. The maximum absolute atomic E-state index is 4.64. The fourth-order valence-electron chi connectivity index (χ4n) is 1.76. The molecule has 0 unspecified atom stereocenters. The van der Waals surface area contributed by atoms with Gasteiger partial charge in [-0.1, -0.05) is 13.0 Å². The summed E-state index contributed by atoms with van der Waals surface area (Å²) in [6, 6.07) is 4.09. The van der Waals surface area contributed by atoms with Crippen LogP contribution in [0.4, 0.5) is 5.82 Å². The summed E-state index contributed by atoms with van der Waals surface area (Å²) in [6.45, 7) is 7.17. The SMILES string of the molecule is CCNc1nc(-c2cccs2)nc(CC)c1C. The molecular formula is C13H17N3S. The number of thiophene rings is 1. The topological polar surface area (TPSA) is 37.8 Å². The number of nitrogens with zero attached hydrogens (tertiary/aromatic N) is 2. The summed E-state index contributed by atoms with van der Waals surface area (Å²) >= 11 is 1.68. The Balaban J connectivity index is 2.50. The highest BCUT2D eigenvalue weighted by Gasteiger charge is 2.10. The molecule has 0 bridgehead atoms. The van der Waals surface area contributed by atoms with Crippen LogP contribution in [-0.2, 0) is 6.42 Å². The maximum atomic E-state index is 4.64. The van der Waals surface area contributed by atoms with E-state index in [2.05, 4.69) is 47.5 Å². The van der Waals surface area contributed by atoms with Gasteiger partial charge < -0.3 is 5.32 Å². The van der Waals surface area contributed by atoms with Gasteiger partial charge in [0.25, 0.3) is 0 Å². The molecule has 0 aliphatic heterocycles. The summed E-state index contributed by atoms with van der Waals surface area (Å²) < 4.78 is 0. The predicted molar refractivity (Wildman–Crippen MR) is 73.6 cm³/mol. The molecule has 1 N–H and O–H groups in total. The zero-order valence-electron chi connectivity index (χ0n) is 10.4. The largest absolute Gasteiger partial charge is 0.370 e. The minimum atomic E-state index is 0.832. The molecule has 0 spiro atoms. The van der Waals surface area contributed by atoms with Crippen molar-refractivity contribution in [2.45, 2.75) is 27.2 Å². The van der Waals surface area contributed by atoms with Crippen molar-refractivity contribution in [2.24, 2.45) is 0 Å². The van der Waals surface area contributed by atoms with Crippen molar-refractivity contribution in [3.63, 3.8) is 0 Å². The Bertz CT molecular complexity index is 492. The van der Waals surface area contributed by atoms with Crippen LogP contribution in [0.15, 0.2) is 17.5 Å². The van der Waals surface area contributed by atoms with E-state index in [1.807, 2.05) is 6.07 Å². The van der Waals surface area contributed by atoms with E-state index in [0.29, 0.717) is 0 Å². The third kappa shape index (κ3) is 2.47. The van der Waals surface area contributed by atoms with Gasteiger partial charge in [-0.15, -0.1) is 11.3 Å². The van der Waals surface area contributed by atoms with Crippen molar-refractivity contribution in [3.8, 4) is 10.7 Å². The zero-order chi connectivity index (χ0) is 12.3. The van der Waals surface area contributed by atoms with Crippen LogP contribution < -0.4 is 5.32 Å². The number of hydrogen-bond acceptors (Lipinski definition) is 4. The summed E-state index contributed by atoms with van der Waals surface area (Å²) in [5.41, 5.74) is 2.29. The first-order chi connectivity index (χ1) is 8.26. The molecule has 0 aliphatic rings. The standard InChI is InChI=1S/C13H17N3S/c1-4-10-9(3)12(14-5-2)16-13(15-10)11-7-6-8-17-11/h6-8H,4-5H2,1-3H3,(H,14,15,16). The van der Waals surface area contributed by atoms with Gasteiger partial charge in [-0.25, -0.2) is 9.97 Å². The highest BCUT2D eigenvalue weighted by molar-refractivity contribution is 7.13. The lowest BCUT2D eigenvalue weighted by atomic mass is 10.2. The van der Waals surface area contributed by atoms with E-state index in [9.17, 15) is 0 Å². The lowest BCUT2D eigenvalue weighted by molar-refractivity contribution is 0.972. The van der Waals surface area contributed by atoms with E-state index in [4.69, 9.17) is 0 Å². The Labute approximate surface area is 106 Å². The van der Waals surface area contributed by atoms with Crippen molar-refractivity contribution < 1.29 is 0 Å². The first kappa shape index (κ1) is 12.0. The second-order valence-corrected chi connectivity index (χ2v) is 4.78. The third-order valence-electron chi connectivity index (χ3n) is 2.67. The smallest absolute Gasteiger partial charge is 0.171 e. The van der Waals surface area contributed by atoms with Crippen LogP contribution >= 0.6 is 11.3 Å². The lowest BCUT2D eigenvalue weighted by Crippen LogP contribution is -2.07. The molecule has 0 aliphatic carbocycles. The van der Waals surface area contributed by atoms with Gasteiger partial charge in [0.15, 0.2) is 5.82 Å². The van der Waals surface area contributed by atoms with Gasteiger partial charge in [0.05, 0.1) is 4.88 Å². The van der Waals surface area contributed by atoms with Crippen LogP contribution in [0, 0.1) is 6.92 Å². The highest BCUT2D eigenvalue weighted by Crippen LogP contribution is 2.25. The molecule has 3 nitrogen and oxygen atoms in total. The van der Waals surface area contributed by atoms with Crippen molar-refractivity contribution in [1.82, 2.24) is 9.97 Å². The van der Waals surface area contributed by atoms with Crippen LogP contribution in [-0.4, -0.2) is 16.5 Å². The van der Waals surface area contributed by atoms with E-state index in [1.54, 1.807) is 11.3 Å². The zero-order valence-corrected chi connectivity index (χ0v) is 11.3. The molecule has 0 radical (unpaired) electrons. The maximum Gasteiger partial charge on any atom is 0.171 e. The van der Waals surface area contributed by atoms with Gasteiger partial charge in [0.1, 0.15) is 5.82 Å². The van der Waals surface area contributed by atoms with E-state index in [-0.39, 0.29) is 0 Å². The average Bonchev–Trinajstić information content (AvgIpc) is 2.85. The number of nitrogens with one attached hydrogen (secondary N) is 1. The van der Waals surface area contributed by atoms with Crippen LogP contribution in [0.1, 0.15) is 25.1 Å². The van der Waals surface area contributed by atoms with Gasteiger partial charge in [-0.2, -0.15) is 0 Å². The van der Waals surface area contributed by atoms with Crippen LogP contribution in [0.3, 0.4) is 0 Å². The molecule has 0 saturated carbocycles. The molecule has 0 atom stereocenters. The lowest BCUT2D eigenvalue weighted by Gasteiger charge is -2.11. The fourth-order valence-corrected chi connectivity index (χ4v) is 2.42. The second-order valence-electron chi connectivity index (χ2n) is 3.83. The minimum Gasteiger partial charge on any atom is -0.370 e. The Hall–Kier alpha value is -1.42. The molecule has 0 saturated heterocycles. The summed E-state index contributed by atoms with van der Waals surface area (Å²) in [7, 11) is 0. The summed E-state index contributed by atoms with van der Waals surface area (Å²) in [4.78, 5) is 10.4. The molecule has 0 aromatic carbocycles. The third-order valence-corrected chi connectivity index (χ3v) is 3.53. The number of hydrogen-bond donors (Lipinski definition) is 1. The Morgan fingerprint density at radius 2 is 2.12 bits per heavy atom. The molecule has 17 heavy (non-hydrogen) atoms. The molecule has 4 heteroatoms. The quantitative estimate of drug-likeness (QED) is 0.898. The molecule has 90 valence electrons. The van der Waals surface area contributed by atoms with Gasteiger partial charge in [-0.05, 0) is 31.7 Å². The fraction of sp³-hybridized carbons (Fsp3) is 0.385. The van der Waals surface area contributed by atoms with Gasteiger partial charge in [0, 0.05) is 17.8 Å². The number of aromatic nitrogens is 2. The van der Waals surface area contributed by atoms with E-state index < -0.39 is 0 Å². The Morgan fingerprint density at radius 3 is 2.71 bits per heavy atom. The first-order valence-electron chi connectivity index (χ1n) is 5.91. The van der Waals surface area contributed by atoms with Crippen LogP contribution in [0.2, 0.25) is 0 Å². The number of anilines is 1. The molecule has 2 rings (SSSR count). The Kier molecular flexibility index (Phi) is 3.74. The van der Waals surface area contributed by atoms with E-state index in [1.165, 1.54) is 0 Å². The molecule has 2 aromatic heterocycles. The summed E-state index contributed by atoms with van der Waals surface area (Å²) in [6.07, 6.45) is 0.936. The molecule has 0 amide bonds. The summed E-state index contributed by atoms with van der Waals surface area (Å²) in [5, 5.41) is 5.36. The second kappa shape index (κ2) is 5.27. The molecular weight excluding hydrogens is 230 g/mol. The van der Waals surface area contributed by atoms with Crippen molar-refractivity contribution in [3.05, 3.63) is 28.8 Å². The highest BCUT2D eigenvalue weighted by atomic mass is 32.1. The normalized spacial score (nSPS) is 10.5. The van der Waals surface area contributed by atoms with Gasteiger partial charge in [0.2, 0.25) is 0 Å². The van der Waals surface area contributed by atoms with Crippen molar-refractivity contribution in [2.75, 3.05) is 11.9 Å². The van der Waals surface area contributed by atoms with Crippen molar-refractivity contribution in [1.29, 1.82) is 0 Å². The van der Waals surface area contributed by atoms with Crippen molar-refractivity contribution >= 4 is 17.2 Å². The number of aryl methyl sites for hydroxylation is 1. The average molecular weight is 247 g/mol. The van der Waals surface area contributed by atoms with E-state index >= 15 is 0 Å². The molecule has 0 fully saturated rings. The van der Waals surface area contributed by atoms with Crippen LogP contribution in [0.5, 0.6) is 0 Å². The minimum absolute atomic E-state index is 0.832. The van der Waals surface area contributed by atoms with Gasteiger partial charge in [-0.3, -0.25) is 0 Å². The Morgan fingerprint density at radius 1 is 1.29 bits per heavy atom. The number of rotatable bonds is 4. The summed E-state index contributed by atoms with van der Waals surface area (Å²) in [5.74, 6) is 1.79. The van der Waals surface area contributed by atoms with E-state index in [0.717, 1.165) is 40.7 Å². The monoisotopic (exact) mass is 247 g/mol. The first-order valence-corrected chi connectivity index (χ1v) is 6.79. The van der Waals surface area contributed by atoms with Crippen LogP contribution in [0.25, 0.3) is 10.7 Å². The molecule has 2 aromatic rings.